The van der Waals surface area contributed by atoms with E-state index in [1.165, 1.54) is 25.7 Å². The first kappa shape index (κ1) is 16.4. The summed E-state index contributed by atoms with van der Waals surface area (Å²) < 4.78 is 10.5. The van der Waals surface area contributed by atoms with Crippen molar-refractivity contribution in [3.8, 4) is 0 Å². The van der Waals surface area contributed by atoms with Crippen molar-refractivity contribution >= 4 is 5.97 Å². The maximum absolute atomic E-state index is 11.7. The summed E-state index contributed by atoms with van der Waals surface area (Å²) >= 11 is 0. The number of hydrogen-bond acceptors (Lipinski definition) is 4. The molecule has 0 spiro atoms. The molecule has 1 saturated heterocycles. The van der Waals surface area contributed by atoms with Crippen molar-refractivity contribution in [1.82, 2.24) is 4.90 Å². The Morgan fingerprint density at radius 2 is 1.95 bits per heavy atom. The van der Waals surface area contributed by atoms with Crippen molar-refractivity contribution in [2.45, 2.75) is 58.4 Å². The van der Waals surface area contributed by atoms with Crippen LogP contribution in [0.4, 0.5) is 0 Å². The zero-order valence-corrected chi connectivity index (χ0v) is 12.5. The second-order valence-electron chi connectivity index (χ2n) is 5.16. The molecule has 0 aromatic carbocycles. The Balaban J connectivity index is 2.38. The summed E-state index contributed by atoms with van der Waals surface area (Å²) in [5.74, 6) is -0.0607. The lowest BCUT2D eigenvalue weighted by atomic mass is 10.0. The van der Waals surface area contributed by atoms with Crippen molar-refractivity contribution in [3.63, 3.8) is 0 Å². The van der Waals surface area contributed by atoms with Crippen LogP contribution in [-0.2, 0) is 14.3 Å². The second kappa shape index (κ2) is 10.2. The van der Waals surface area contributed by atoms with Gasteiger partial charge in [0.1, 0.15) is 0 Å². The third kappa shape index (κ3) is 6.92. The maximum Gasteiger partial charge on any atom is 0.307 e. The van der Waals surface area contributed by atoms with Crippen LogP contribution in [-0.4, -0.2) is 49.8 Å². The van der Waals surface area contributed by atoms with E-state index in [1.807, 2.05) is 6.92 Å². The molecule has 112 valence electrons. The third-order valence-corrected chi connectivity index (χ3v) is 3.66. The molecule has 1 aliphatic rings. The summed E-state index contributed by atoms with van der Waals surface area (Å²) in [6.45, 7) is 8.02. The molecule has 4 heteroatoms. The van der Waals surface area contributed by atoms with E-state index in [0.717, 1.165) is 32.7 Å². The topological polar surface area (TPSA) is 38.8 Å². The first-order valence-electron chi connectivity index (χ1n) is 7.75. The van der Waals surface area contributed by atoms with Crippen molar-refractivity contribution in [2.24, 2.45) is 0 Å². The minimum Gasteiger partial charge on any atom is -0.466 e. The summed E-state index contributed by atoms with van der Waals surface area (Å²) in [5, 5.41) is 0. The molecule has 0 aromatic rings. The van der Waals surface area contributed by atoms with E-state index < -0.39 is 0 Å². The fourth-order valence-corrected chi connectivity index (χ4v) is 2.58. The van der Waals surface area contributed by atoms with E-state index in [1.54, 1.807) is 0 Å². The Hall–Kier alpha value is -0.610. The average molecular weight is 271 g/mol. The number of nitrogens with zero attached hydrogens (tertiary/aromatic N) is 1. The lowest BCUT2D eigenvalue weighted by Crippen LogP contribution is -2.44. The van der Waals surface area contributed by atoms with E-state index in [9.17, 15) is 4.79 Å². The molecule has 0 amide bonds. The molecule has 0 radical (unpaired) electrons. The van der Waals surface area contributed by atoms with Crippen LogP contribution in [0.5, 0.6) is 0 Å². The van der Waals surface area contributed by atoms with Gasteiger partial charge in [-0.05, 0) is 13.3 Å². The second-order valence-corrected chi connectivity index (χ2v) is 5.16. The lowest BCUT2D eigenvalue weighted by molar-refractivity contribution is -0.145. The van der Waals surface area contributed by atoms with Gasteiger partial charge in [-0.25, -0.2) is 0 Å². The van der Waals surface area contributed by atoms with Gasteiger partial charge in [0.25, 0.3) is 0 Å². The Morgan fingerprint density at radius 3 is 2.58 bits per heavy atom. The summed E-state index contributed by atoms with van der Waals surface area (Å²) in [4.78, 5) is 14.1. The predicted molar refractivity (Wildman–Crippen MR) is 76.2 cm³/mol. The van der Waals surface area contributed by atoms with Crippen LogP contribution in [0.3, 0.4) is 0 Å². The summed E-state index contributed by atoms with van der Waals surface area (Å²) in [6, 6.07) is 0.333. The molecule has 0 aromatic heterocycles. The van der Waals surface area contributed by atoms with Gasteiger partial charge in [-0.2, -0.15) is 0 Å². The van der Waals surface area contributed by atoms with Crippen LogP contribution < -0.4 is 0 Å². The normalized spacial score (nSPS) is 18.2. The van der Waals surface area contributed by atoms with Gasteiger partial charge in [0.05, 0.1) is 26.2 Å². The Kier molecular flexibility index (Phi) is 8.84. The monoisotopic (exact) mass is 271 g/mol. The molecule has 0 saturated carbocycles. The smallest absolute Gasteiger partial charge is 0.307 e. The van der Waals surface area contributed by atoms with Gasteiger partial charge in [-0.15, -0.1) is 0 Å². The minimum atomic E-state index is -0.0607. The Morgan fingerprint density at radius 1 is 1.21 bits per heavy atom. The molecule has 1 aliphatic heterocycles. The lowest BCUT2D eigenvalue weighted by Gasteiger charge is -2.34. The van der Waals surface area contributed by atoms with Crippen molar-refractivity contribution in [2.75, 3.05) is 32.9 Å². The van der Waals surface area contributed by atoms with Crippen molar-refractivity contribution in [1.29, 1.82) is 0 Å². The number of morpholine rings is 1. The van der Waals surface area contributed by atoms with Crippen LogP contribution in [0.25, 0.3) is 0 Å². The van der Waals surface area contributed by atoms with E-state index in [4.69, 9.17) is 9.47 Å². The number of esters is 1. The zero-order chi connectivity index (χ0) is 13.9. The highest BCUT2D eigenvalue weighted by molar-refractivity contribution is 5.70. The van der Waals surface area contributed by atoms with Crippen LogP contribution in [0.15, 0.2) is 0 Å². The first-order valence-corrected chi connectivity index (χ1v) is 7.75. The van der Waals surface area contributed by atoms with E-state index in [-0.39, 0.29) is 5.97 Å². The van der Waals surface area contributed by atoms with Gasteiger partial charge in [0.2, 0.25) is 0 Å². The number of unbranched alkanes of at least 4 members (excludes halogenated alkanes) is 3. The Labute approximate surface area is 117 Å². The van der Waals surface area contributed by atoms with Crippen LogP contribution in [0, 0.1) is 0 Å². The Bertz CT molecular complexity index is 240. The summed E-state index contributed by atoms with van der Waals surface area (Å²) in [5.41, 5.74) is 0. The number of hydrogen-bond donors (Lipinski definition) is 0. The highest BCUT2D eigenvalue weighted by atomic mass is 16.5. The van der Waals surface area contributed by atoms with E-state index in [2.05, 4.69) is 11.8 Å². The fraction of sp³-hybridized carbons (Fsp3) is 0.933. The van der Waals surface area contributed by atoms with Crippen LogP contribution in [0.1, 0.15) is 52.4 Å². The standard InChI is InChI=1S/C15H29NO3/c1-3-5-6-7-8-14(13-15(17)19-4-2)16-9-11-18-12-10-16/h14H,3-13H2,1-2H3. The van der Waals surface area contributed by atoms with Gasteiger partial charge >= 0.3 is 5.97 Å². The molecule has 1 fully saturated rings. The number of carbonyl (C=O) groups is 1. The molecule has 4 nitrogen and oxygen atoms in total. The highest BCUT2D eigenvalue weighted by Gasteiger charge is 2.23. The molecular weight excluding hydrogens is 242 g/mol. The number of ether oxygens (including phenoxy) is 2. The van der Waals surface area contributed by atoms with Gasteiger partial charge in [-0.3, -0.25) is 9.69 Å². The molecule has 1 unspecified atom stereocenters. The molecular formula is C15H29NO3. The third-order valence-electron chi connectivity index (χ3n) is 3.66. The predicted octanol–water partition coefficient (Wildman–Crippen LogP) is 2.61. The quantitative estimate of drug-likeness (QED) is 0.477. The number of carbonyl (C=O) groups excluding carboxylic acids is 1. The van der Waals surface area contributed by atoms with Crippen LogP contribution in [0.2, 0.25) is 0 Å². The van der Waals surface area contributed by atoms with E-state index >= 15 is 0 Å². The van der Waals surface area contributed by atoms with Gasteiger partial charge in [0, 0.05) is 19.1 Å². The van der Waals surface area contributed by atoms with Gasteiger partial charge in [0.15, 0.2) is 0 Å². The molecule has 1 rings (SSSR count). The van der Waals surface area contributed by atoms with Crippen LogP contribution >= 0.6 is 0 Å². The highest BCUT2D eigenvalue weighted by Crippen LogP contribution is 2.16. The summed E-state index contributed by atoms with van der Waals surface area (Å²) in [7, 11) is 0. The fourth-order valence-electron chi connectivity index (χ4n) is 2.58. The van der Waals surface area contributed by atoms with Gasteiger partial charge < -0.3 is 9.47 Å². The molecule has 0 aliphatic carbocycles. The molecule has 0 bridgehead atoms. The van der Waals surface area contributed by atoms with Gasteiger partial charge in [-0.1, -0.05) is 32.6 Å². The SMILES string of the molecule is CCCCCCC(CC(=O)OCC)N1CCOCC1. The van der Waals surface area contributed by atoms with Crippen molar-refractivity contribution in [3.05, 3.63) is 0 Å². The van der Waals surface area contributed by atoms with Crippen molar-refractivity contribution < 1.29 is 14.3 Å². The first-order chi connectivity index (χ1) is 9.27. The average Bonchev–Trinajstić information content (AvgIpc) is 2.43. The summed E-state index contributed by atoms with van der Waals surface area (Å²) in [6.07, 6.45) is 6.63. The molecule has 1 atom stereocenters. The number of rotatable bonds is 9. The zero-order valence-electron chi connectivity index (χ0n) is 12.5. The molecule has 19 heavy (non-hydrogen) atoms. The molecule has 1 heterocycles. The van der Waals surface area contributed by atoms with E-state index in [0.29, 0.717) is 19.1 Å². The largest absolute Gasteiger partial charge is 0.466 e. The maximum atomic E-state index is 11.7. The minimum absolute atomic E-state index is 0.0607. The molecule has 0 N–H and O–H groups in total.